The van der Waals surface area contributed by atoms with Gasteiger partial charge in [0, 0.05) is 25.7 Å². The average Bonchev–Trinajstić information content (AvgIpc) is 2.47. The predicted molar refractivity (Wildman–Crippen MR) is 87.5 cm³/mol. The van der Waals surface area contributed by atoms with Crippen molar-refractivity contribution in [2.24, 2.45) is 0 Å². The highest BCUT2D eigenvalue weighted by Crippen LogP contribution is 2.06. The van der Waals surface area contributed by atoms with Gasteiger partial charge in [0.2, 0.25) is 5.91 Å². The molecule has 0 saturated carbocycles. The number of nitrogens with zero attached hydrogens (tertiary/aromatic N) is 1. The van der Waals surface area contributed by atoms with Gasteiger partial charge < -0.3 is 10.2 Å². The molecule has 1 aromatic rings. The molecule has 1 saturated heterocycles. The van der Waals surface area contributed by atoms with Crippen molar-refractivity contribution in [3.05, 3.63) is 35.9 Å². The van der Waals surface area contributed by atoms with Crippen molar-refractivity contribution in [3.8, 4) is 0 Å². The first kappa shape index (κ1) is 17.0. The topological polar surface area (TPSA) is 66.5 Å². The molecule has 0 spiro atoms. The Morgan fingerprint density at radius 3 is 2.73 bits per heavy atom. The third kappa shape index (κ3) is 5.42. The average molecular weight is 324 g/mol. The summed E-state index contributed by atoms with van der Waals surface area (Å²) >= 11 is 0. The van der Waals surface area contributed by atoms with E-state index in [-0.39, 0.29) is 23.5 Å². The van der Waals surface area contributed by atoms with Gasteiger partial charge >= 0.3 is 0 Å². The summed E-state index contributed by atoms with van der Waals surface area (Å²) in [5.74, 6) is -0.572. The standard InChI is InChI=1S/C16H24N2O3S/c1-14-12-18(10-9-17-14)16(19)13-22(20,21)11-5-8-15-6-3-2-4-7-15/h2-4,6-7,14,17H,5,8-13H2,1H3. The van der Waals surface area contributed by atoms with Crippen LogP contribution in [0.4, 0.5) is 0 Å². The molecule has 5 nitrogen and oxygen atoms in total. The van der Waals surface area contributed by atoms with Crippen LogP contribution in [0.2, 0.25) is 0 Å². The van der Waals surface area contributed by atoms with Gasteiger partial charge in [-0.05, 0) is 25.3 Å². The highest BCUT2D eigenvalue weighted by Gasteiger charge is 2.24. The van der Waals surface area contributed by atoms with E-state index in [2.05, 4.69) is 5.32 Å². The maximum Gasteiger partial charge on any atom is 0.237 e. The summed E-state index contributed by atoms with van der Waals surface area (Å²) in [6, 6.07) is 10.0. The fourth-order valence-corrected chi connectivity index (χ4v) is 3.94. The molecule has 6 heteroatoms. The van der Waals surface area contributed by atoms with E-state index in [4.69, 9.17) is 0 Å². The van der Waals surface area contributed by atoms with Crippen LogP contribution >= 0.6 is 0 Å². The molecule has 0 aromatic heterocycles. The highest BCUT2D eigenvalue weighted by atomic mass is 32.2. The van der Waals surface area contributed by atoms with Crippen LogP contribution < -0.4 is 5.32 Å². The Morgan fingerprint density at radius 2 is 2.05 bits per heavy atom. The summed E-state index contributed by atoms with van der Waals surface area (Å²) < 4.78 is 24.2. The van der Waals surface area contributed by atoms with Gasteiger partial charge in [-0.25, -0.2) is 8.42 Å². The molecule has 122 valence electrons. The maximum absolute atomic E-state index is 12.1. The lowest BCUT2D eigenvalue weighted by atomic mass is 10.1. The quantitative estimate of drug-likeness (QED) is 0.843. The molecule has 1 fully saturated rings. The number of benzene rings is 1. The van der Waals surface area contributed by atoms with E-state index < -0.39 is 9.84 Å². The molecule has 0 bridgehead atoms. The maximum atomic E-state index is 12.1. The number of piperazine rings is 1. The first-order valence-electron chi connectivity index (χ1n) is 7.72. The summed E-state index contributed by atoms with van der Waals surface area (Å²) in [4.78, 5) is 13.8. The molecule has 0 radical (unpaired) electrons. The van der Waals surface area contributed by atoms with Crippen LogP contribution in [0.1, 0.15) is 18.9 Å². The Balaban J connectivity index is 1.79. The second-order valence-corrected chi connectivity index (χ2v) is 8.06. The molecule has 1 N–H and O–H groups in total. The smallest absolute Gasteiger partial charge is 0.237 e. The minimum atomic E-state index is -3.33. The zero-order valence-corrected chi connectivity index (χ0v) is 13.8. The van der Waals surface area contributed by atoms with Crippen molar-refractivity contribution in [1.82, 2.24) is 10.2 Å². The first-order chi connectivity index (χ1) is 10.5. The van der Waals surface area contributed by atoms with E-state index >= 15 is 0 Å². The van der Waals surface area contributed by atoms with Crippen molar-refractivity contribution < 1.29 is 13.2 Å². The van der Waals surface area contributed by atoms with Crippen LogP contribution in [0.3, 0.4) is 0 Å². The first-order valence-corrected chi connectivity index (χ1v) is 9.54. The van der Waals surface area contributed by atoms with E-state index in [9.17, 15) is 13.2 Å². The molecule has 1 aliphatic heterocycles. The Labute approximate surface area is 132 Å². The van der Waals surface area contributed by atoms with Gasteiger partial charge in [0.15, 0.2) is 9.84 Å². The Bertz CT molecular complexity index is 587. The number of rotatable bonds is 6. The van der Waals surface area contributed by atoms with Gasteiger partial charge in [0.05, 0.1) is 5.75 Å². The lowest BCUT2D eigenvalue weighted by Gasteiger charge is -2.31. The molecule has 1 heterocycles. The van der Waals surface area contributed by atoms with Gasteiger partial charge in [-0.2, -0.15) is 0 Å². The van der Waals surface area contributed by atoms with Crippen LogP contribution in [-0.4, -0.2) is 56.4 Å². The normalized spacial score (nSPS) is 19.1. The van der Waals surface area contributed by atoms with E-state index in [1.165, 1.54) is 0 Å². The van der Waals surface area contributed by atoms with Crippen LogP contribution in [0, 0.1) is 0 Å². The number of carbonyl (C=O) groups is 1. The van der Waals surface area contributed by atoms with Gasteiger partial charge in [-0.3, -0.25) is 4.79 Å². The number of nitrogens with one attached hydrogen (secondary N) is 1. The molecule has 1 atom stereocenters. The Morgan fingerprint density at radius 1 is 1.32 bits per heavy atom. The highest BCUT2D eigenvalue weighted by molar-refractivity contribution is 7.92. The monoisotopic (exact) mass is 324 g/mol. The van der Waals surface area contributed by atoms with Crippen LogP contribution in [0.25, 0.3) is 0 Å². The van der Waals surface area contributed by atoms with E-state index in [0.717, 1.165) is 18.5 Å². The molecule has 22 heavy (non-hydrogen) atoms. The van der Waals surface area contributed by atoms with Crippen LogP contribution in [-0.2, 0) is 21.1 Å². The van der Waals surface area contributed by atoms with Gasteiger partial charge in [-0.15, -0.1) is 0 Å². The third-order valence-corrected chi connectivity index (χ3v) is 5.43. The molecular weight excluding hydrogens is 300 g/mol. The van der Waals surface area contributed by atoms with E-state index in [1.807, 2.05) is 37.3 Å². The summed E-state index contributed by atoms with van der Waals surface area (Å²) in [6.07, 6.45) is 1.27. The zero-order chi connectivity index (χ0) is 16.0. The van der Waals surface area contributed by atoms with Gasteiger partial charge in [-0.1, -0.05) is 30.3 Å². The Hall–Kier alpha value is -1.40. The second kappa shape index (κ2) is 7.74. The number of hydrogen-bond donors (Lipinski definition) is 1. The fourth-order valence-electron chi connectivity index (χ4n) is 2.65. The number of hydrogen-bond acceptors (Lipinski definition) is 4. The largest absolute Gasteiger partial charge is 0.339 e. The fraction of sp³-hybridized carbons (Fsp3) is 0.562. The summed E-state index contributed by atoms with van der Waals surface area (Å²) in [5, 5.41) is 3.24. The van der Waals surface area contributed by atoms with Crippen LogP contribution in [0.15, 0.2) is 30.3 Å². The molecule has 1 aromatic carbocycles. The summed E-state index contributed by atoms with van der Waals surface area (Å²) in [5.41, 5.74) is 1.12. The predicted octanol–water partition coefficient (Wildman–Crippen LogP) is 0.854. The van der Waals surface area contributed by atoms with Crippen molar-refractivity contribution in [1.29, 1.82) is 0 Å². The molecule has 1 amide bonds. The number of amides is 1. The second-order valence-electron chi connectivity index (χ2n) is 5.88. The molecule has 1 unspecified atom stereocenters. The molecular formula is C16H24N2O3S. The third-order valence-electron chi connectivity index (χ3n) is 3.83. The van der Waals surface area contributed by atoms with Crippen LogP contribution in [0.5, 0.6) is 0 Å². The minimum absolute atomic E-state index is 0.0648. The lowest BCUT2D eigenvalue weighted by molar-refractivity contribution is -0.129. The Kier molecular flexibility index (Phi) is 5.97. The minimum Gasteiger partial charge on any atom is -0.339 e. The zero-order valence-electron chi connectivity index (χ0n) is 13.0. The van der Waals surface area contributed by atoms with E-state index in [1.54, 1.807) is 4.90 Å². The summed E-state index contributed by atoms with van der Waals surface area (Å²) in [6.45, 7) is 3.88. The van der Waals surface area contributed by atoms with Gasteiger partial charge in [0.25, 0.3) is 0 Å². The van der Waals surface area contributed by atoms with E-state index in [0.29, 0.717) is 19.5 Å². The van der Waals surface area contributed by atoms with Crippen molar-refractivity contribution >= 4 is 15.7 Å². The van der Waals surface area contributed by atoms with Gasteiger partial charge in [0.1, 0.15) is 5.75 Å². The van der Waals surface area contributed by atoms with Crippen molar-refractivity contribution in [2.75, 3.05) is 31.1 Å². The number of carbonyl (C=O) groups excluding carboxylic acids is 1. The van der Waals surface area contributed by atoms with Crippen molar-refractivity contribution in [3.63, 3.8) is 0 Å². The number of aryl methyl sites for hydroxylation is 1. The van der Waals surface area contributed by atoms with Crippen molar-refractivity contribution in [2.45, 2.75) is 25.8 Å². The summed E-state index contributed by atoms with van der Waals surface area (Å²) in [7, 11) is -3.33. The lowest BCUT2D eigenvalue weighted by Crippen LogP contribution is -2.52. The SMILES string of the molecule is CC1CN(C(=O)CS(=O)(=O)CCCc2ccccc2)CCN1. The molecule has 1 aliphatic rings. The number of sulfone groups is 1. The molecule has 2 rings (SSSR count). The molecule has 0 aliphatic carbocycles.